The number of nitrogens with zero attached hydrogens (tertiary/aromatic N) is 4. The number of halogens is 1. The summed E-state index contributed by atoms with van der Waals surface area (Å²) < 4.78 is 5.93. The number of nitrogens with one attached hydrogen (secondary N) is 2. The summed E-state index contributed by atoms with van der Waals surface area (Å²) in [6.45, 7) is 0.354. The molecule has 0 radical (unpaired) electrons. The first-order valence-electron chi connectivity index (χ1n) is 9.46. The largest absolute Gasteiger partial charge is 0.489 e. The third-order valence-electron chi connectivity index (χ3n) is 4.85. The minimum Gasteiger partial charge on any atom is -0.489 e. The van der Waals surface area contributed by atoms with Gasteiger partial charge in [-0.15, -0.1) is 0 Å². The second-order valence-corrected chi connectivity index (χ2v) is 7.33. The van der Waals surface area contributed by atoms with Crippen molar-refractivity contribution in [2.75, 3.05) is 16.8 Å². The van der Waals surface area contributed by atoms with Gasteiger partial charge in [0.2, 0.25) is 5.96 Å². The number of guanidine groups is 1. The zero-order valence-corrected chi connectivity index (χ0v) is 17.4. The summed E-state index contributed by atoms with van der Waals surface area (Å²) in [5.74, 6) is 1.12. The van der Waals surface area contributed by atoms with Crippen molar-refractivity contribution in [2.45, 2.75) is 12.6 Å². The Hall–Kier alpha value is -4.47. The van der Waals surface area contributed by atoms with Gasteiger partial charge in [-0.2, -0.15) is 10.5 Å². The predicted octanol–water partition coefficient (Wildman–Crippen LogP) is 3.29. The number of hydrogen-bond acceptors (Lipinski definition) is 9. The van der Waals surface area contributed by atoms with E-state index in [4.69, 9.17) is 33.1 Å². The fourth-order valence-corrected chi connectivity index (χ4v) is 3.47. The third-order valence-corrected chi connectivity index (χ3v) is 5.10. The van der Waals surface area contributed by atoms with Gasteiger partial charge in [0.1, 0.15) is 41.7 Å². The molecule has 1 aromatic heterocycles. The first-order chi connectivity index (χ1) is 15.5. The van der Waals surface area contributed by atoms with E-state index in [1.165, 1.54) is 0 Å². The van der Waals surface area contributed by atoms with Crippen molar-refractivity contribution in [3.63, 3.8) is 0 Å². The molecule has 0 saturated heterocycles. The summed E-state index contributed by atoms with van der Waals surface area (Å²) in [7, 11) is 0. The topological polar surface area (TPSA) is 158 Å². The van der Waals surface area contributed by atoms with Crippen molar-refractivity contribution in [1.29, 1.82) is 10.5 Å². The van der Waals surface area contributed by atoms with Crippen LogP contribution in [0, 0.1) is 22.8 Å². The van der Waals surface area contributed by atoms with Crippen molar-refractivity contribution < 1.29 is 4.74 Å². The van der Waals surface area contributed by atoms with Gasteiger partial charge in [-0.1, -0.05) is 35.9 Å². The molecular formula is C22H17ClN8O. The number of fused-ring (bicyclic) bond motifs is 1. The Morgan fingerprint density at radius 2 is 1.94 bits per heavy atom. The van der Waals surface area contributed by atoms with Crippen LogP contribution in [0.3, 0.4) is 0 Å². The van der Waals surface area contributed by atoms with Crippen LogP contribution in [-0.4, -0.2) is 10.9 Å². The molecule has 0 aliphatic carbocycles. The Labute approximate surface area is 188 Å². The average molecular weight is 445 g/mol. The predicted molar refractivity (Wildman–Crippen MR) is 122 cm³/mol. The molecule has 2 aromatic carbocycles. The lowest BCUT2D eigenvalue weighted by Crippen LogP contribution is -2.32. The normalized spacial score (nSPS) is 14.2. The number of pyridine rings is 1. The van der Waals surface area contributed by atoms with Gasteiger partial charge in [-0.05, 0) is 35.4 Å². The molecule has 1 unspecified atom stereocenters. The van der Waals surface area contributed by atoms with Crippen LogP contribution < -0.4 is 26.8 Å². The fourth-order valence-electron chi connectivity index (χ4n) is 3.34. The molecule has 158 valence electrons. The van der Waals surface area contributed by atoms with Crippen molar-refractivity contribution >= 4 is 34.9 Å². The van der Waals surface area contributed by atoms with Gasteiger partial charge in [0.05, 0.1) is 5.69 Å². The molecule has 0 fully saturated rings. The highest BCUT2D eigenvalue weighted by Gasteiger charge is 2.29. The van der Waals surface area contributed by atoms with Gasteiger partial charge < -0.3 is 21.5 Å². The minimum atomic E-state index is -0.638. The number of aliphatic imine (C=N–C) groups is 1. The minimum absolute atomic E-state index is 0.00624. The Balaban J connectivity index is 1.71. The first kappa shape index (κ1) is 20.8. The maximum Gasteiger partial charge on any atom is 0.211 e. The molecule has 1 atom stereocenters. The summed E-state index contributed by atoms with van der Waals surface area (Å²) in [6.07, 6.45) is 1.83. The maximum atomic E-state index is 9.44. The number of nitrogens with two attached hydrogens (primary N) is 2. The summed E-state index contributed by atoms with van der Waals surface area (Å²) in [4.78, 5) is 8.80. The molecule has 6 N–H and O–H groups in total. The van der Waals surface area contributed by atoms with E-state index in [2.05, 4.69) is 20.6 Å². The molecule has 0 amide bonds. The maximum absolute atomic E-state index is 9.44. The molecule has 32 heavy (non-hydrogen) atoms. The summed E-state index contributed by atoms with van der Waals surface area (Å²) in [6, 6.07) is 16.1. The SMILES string of the molecule is N#CNC1=NC(c2cccc(OCc3ccc(Cl)cc3)c2)c2c(nc(N)c(C#N)c2N)N1. The third kappa shape index (κ3) is 4.06. The number of rotatable bonds is 4. The van der Waals surface area contributed by atoms with Crippen LogP contribution in [0.4, 0.5) is 17.3 Å². The lowest BCUT2D eigenvalue weighted by atomic mass is 9.95. The van der Waals surface area contributed by atoms with Crippen LogP contribution in [-0.2, 0) is 6.61 Å². The van der Waals surface area contributed by atoms with Crippen molar-refractivity contribution in [3.8, 4) is 18.0 Å². The number of benzene rings is 2. The number of nitrogen functional groups attached to an aromatic ring is 2. The van der Waals surface area contributed by atoms with E-state index >= 15 is 0 Å². The zero-order chi connectivity index (χ0) is 22.7. The number of ether oxygens (including phenoxy) is 1. The molecule has 1 aliphatic heterocycles. The van der Waals surface area contributed by atoms with Gasteiger partial charge >= 0.3 is 0 Å². The zero-order valence-electron chi connectivity index (χ0n) is 16.6. The van der Waals surface area contributed by atoms with Crippen LogP contribution in [0.15, 0.2) is 53.5 Å². The highest BCUT2D eigenvalue weighted by molar-refractivity contribution is 6.30. The van der Waals surface area contributed by atoms with E-state index in [1.807, 2.05) is 48.7 Å². The van der Waals surface area contributed by atoms with E-state index in [1.54, 1.807) is 12.1 Å². The molecule has 10 heteroatoms. The molecule has 2 heterocycles. The molecule has 0 saturated carbocycles. The van der Waals surface area contributed by atoms with Gasteiger partial charge in [-0.25, -0.2) is 9.98 Å². The molecule has 3 aromatic rings. The van der Waals surface area contributed by atoms with E-state index in [0.717, 1.165) is 11.1 Å². The van der Waals surface area contributed by atoms with E-state index in [-0.39, 0.29) is 23.0 Å². The Kier molecular flexibility index (Phi) is 5.67. The van der Waals surface area contributed by atoms with Crippen molar-refractivity contribution in [1.82, 2.24) is 10.3 Å². The number of nitriles is 2. The summed E-state index contributed by atoms with van der Waals surface area (Å²) >= 11 is 5.93. The monoisotopic (exact) mass is 444 g/mol. The van der Waals surface area contributed by atoms with E-state index < -0.39 is 6.04 Å². The Morgan fingerprint density at radius 1 is 1.16 bits per heavy atom. The van der Waals surface area contributed by atoms with Crippen LogP contribution in [0.1, 0.15) is 28.3 Å². The molecule has 0 spiro atoms. The smallest absolute Gasteiger partial charge is 0.211 e. The molecule has 0 bridgehead atoms. The lowest BCUT2D eigenvalue weighted by Gasteiger charge is -2.26. The van der Waals surface area contributed by atoms with Crippen LogP contribution in [0.25, 0.3) is 0 Å². The fraction of sp³-hybridized carbons (Fsp3) is 0.0909. The molecule has 1 aliphatic rings. The van der Waals surface area contributed by atoms with Crippen LogP contribution in [0.2, 0.25) is 5.02 Å². The van der Waals surface area contributed by atoms with E-state index in [0.29, 0.717) is 28.8 Å². The van der Waals surface area contributed by atoms with Gasteiger partial charge in [-0.3, -0.25) is 5.32 Å². The number of aromatic nitrogens is 1. The van der Waals surface area contributed by atoms with E-state index in [9.17, 15) is 5.26 Å². The second kappa shape index (κ2) is 8.72. The number of anilines is 3. The quantitative estimate of drug-likeness (QED) is 0.352. The lowest BCUT2D eigenvalue weighted by molar-refractivity contribution is 0.306. The van der Waals surface area contributed by atoms with Crippen molar-refractivity contribution in [3.05, 3.63) is 75.8 Å². The molecule has 9 nitrogen and oxygen atoms in total. The average Bonchev–Trinajstić information content (AvgIpc) is 2.79. The Bertz CT molecular complexity index is 1290. The van der Waals surface area contributed by atoms with Gasteiger partial charge in [0, 0.05) is 10.6 Å². The summed E-state index contributed by atoms with van der Waals surface area (Å²) in [5, 5.41) is 24.5. The van der Waals surface area contributed by atoms with Crippen LogP contribution in [0.5, 0.6) is 5.75 Å². The van der Waals surface area contributed by atoms with Crippen LogP contribution >= 0.6 is 11.6 Å². The van der Waals surface area contributed by atoms with Crippen molar-refractivity contribution in [2.24, 2.45) is 4.99 Å². The molecule has 4 rings (SSSR count). The second-order valence-electron chi connectivity index (χ2n) is 6.89. The molecular weight excluding hydrogens is 428 g/mol. The first-order valence-corrected chi connectivity index (χ1v) is 9.84. The van der Waals surface area contributed by atoms with Gasteiger partial charge in [0.15, 0.2) is 6.19 Å². The Morgan fingerprint density at radius 3 is 2.66 bits per heavy atom. The standard InChI is InChI=1S/C22H17ClN8O/c23-14-6-4-12(5-7-14)10-32-15-3-1-2-13(8-15)19-17-18(26)16(9-24)20(27)30-21(17)31-22(29-19)28-11-25/h1-8,19H,10H2,(H6,26,27,28,29,30,31). The highest BCUT2D eigenvalue weighted by Crippen LogP contribution is 2.41. The highest BCUT2D eigenvalue weighted by atomic mass is 35.5. The number of hydrogen-bond donors (Lipinski definition) is 4. The summed E-state index contributed by atoms with van der Waals surface area (Å²) in [5.41, 5.74) is 14.6. The van der Waals surface area contributed by atoms with Gasteiger partial charge in [0.25, 0.3) is 0 Å².